The monoisotopic (exact) mass is 275 g/mol. The van der Waals surface area contributed by atoms with Crippen LogP contribution in [0.1, 0.15) is 43.0 Å². The minimum Gasteiger partial charge on any atom is -0.306 e. The van der Waals surface area contributed by atoms with Gasteiger partial charge in [0.05, 0.1) is 12.2 Å². The summed E-state index contributed by atoms with van der Waals surface area (Å²) in [6, 6.07) is 5.25. The summed E-state index contributed by atoms with van der Waals surface area (Å²) in [5.41, 5.74) is 2.62. The molecule has 0 aliphatic rings. The topological polar surface area (TPSA) is 29.9 Å². The lowest BCUT2D eigenvalue weighted by molar-refractivity contribution is 0.545. The number of rotatable bonds is 6. The smallest absolute Gasteiger partial charge is 0.128 e. The molecule has 0 radical (unpaired) electrons. The average molecular weight is 275 g/mol. The van der Waals surface area contributed by atoms with Crippen LogP contribution in [0.15, 0.2) is 30.6 Å². The molecular weight excluding hydrogens is 253 g/mol. The molecule has 1 aromatic heterocycles. The van der Waals surface area contributed by atoms with Crippen LogP contribution in [-0.4, -0.2) is 16.3 Å². The van der Waals surface area contributed by atoms with Gasteiger partial charge >= 0.3 is 0 Å². The standard InChI is InChI=1S/C16H22FN3/c1-4-8-18-16(13-10-19-20(5-2)11-13)14-7-6-12(3)9-15(14)17/h6-7,9-11,16,18H,4-5,8H2,1-3H3. The zero-order valence-corrected chi connectivity index (χ0v) is 12.4. The molecule has 4 heteroatoms. The largest absolute Gasteiger partial charge is 0.306 e. The highest BCUT2D eigenvalue weighted by Gasteiger charge is 2.18. The normalized spacial score (nSPS) is 12.6. The third kappa shape index (κ3) is 3.25. The summed E-state index contributed by atoms with van der Waals surface area (Å²) in [6.45, 7) is 7.70. The first-order valence-electron chi connectivity index (χ1n) is 7.17. The molecular formula is C16H22FN3. The van der Waals surface area contributed by atoms with Gasteiger partial charge in [-0.1, -0.05) is 19.1 Å². The Kier molecular flexibility index (Phi) is 4.90. The van der Waals surface area contributed by atoms with Crippen LogP contribution in [0.25, 0.3) is 0 Å². The van der Waals surface area contributed by atoms with Crippen LogP contribution >= 0.6 is 0 Å². The van der Waals surface area contributed by atoms with E-state index in [9.17, 15) is 4.39 Å². The molecule has 0 bridgehead atoms. The van der Waals surface area contributed by atoms with Gasteiger partial charge in [0.2, 0.25) is 0 Å². The Hall–Kier alpha value is -1.68. The summed E-state index contributed by atoms with van der Waals surface area (Å²) in [5.74, 6) is -0.164. The van der Waals surface area contributed by atoms with Gasteiger partial charge in [0.1, 0.15) is 5.82 Å². The van der Waals surface area contributed by atoms with Crippen LogP contribution in [0.5, 0.6) is 0 Å². The zero-order valence-electron chi connectivity index (χ0n) is 12.4. The summed E-state index contributed by atoms with van der Waals surface area (Å²) in [6.07, 6.45) is 4.80. The first-order valence-corrected chi connectivity index (χ1v) is 7.17. The molecule has 3 nitrogen and oxygen atoms in total. The fourth-order valence-electron chi connectivity index (χ4n) is 2.26. The fourth-order valence-corrected chi connectivity index (χ4v) is 2.26. The molecule has 0 fully saturated rings. The van der Waals surface area contributed by atoms with Crippen LogP contribution in [0.2, 0.25) is 0 Å². The number of hydrogen-bond donors (Lipinski definition) is 1. The Morgan fingerprint density at radius 3 is 2.75 bits per heavy atom. The molecule has 1 atom stereocenters. The molecule has 0 spiro atoms. The summed E-state index contributed by atoms with van der Waals surface area (Å²) >= 11 is 0. The number of aromatic nitrogens is 2. The maximum Gasteiger partial charge on any atom is 0.128 e. The summed E-state index contributed by atoms with van der Waals surface area (Å²) in [4.78, 5) is 0. The molecule has 0 saturated heterocycles. The molecule has 0 amide bonds. The lowest BCUT2D eigenvalue weighted by atomic mass is 9.99. The third-order valence-electron chi connectivity index (χ3n) is 3.38. The van der Waals surface area contributed by atoms with Crippen molar-refractivity contribution in [2.45, 2.75) is 39.8 Å². The predicted octanol–water partition coefficient (Wildman–Crippen LogP) is 3.44. The molecule has 2 aromatic rings. The highest BCUT2D eigenvalue weighted by atomic mass is 19.1. The van der Waals surface area contributed by atoms with E-state index >= 15 is 0 Å². The van der Waals surface area contributed by atoms with E-state index in [0.717, 1.165) is 30.6 Å². The molecule has 0 saturated carbocycles. The van der Waals surface area contributed by atoms with Gasteiger partial charge in [0.25, 0.3) is 0 Å². The molecule has 1 heterocycles. The Morgan fingerprint density at radius 1 is 1.35 bits per heavy atom. The van der Waals surface area contributed by atoms with Gasteiger partial charge in [-0.15, -0.1) is 0 Å². The van der Waals surface area contributed by atoms with Crippen LogP contribution in [0, 0.1) is 12.7 Å². The third-order valence-corrected chi connectivity index (χ3v) is 3.38. The zero-order chi connectivity index (χ0) is 14.5. The average Bonchev–Trinajstić information content (AvgIpc) is 2.90. The lowest BCUT2D eigenvalue weighted by Gasteiger charge is -2.18. The van der Waals surface area contributed by atoms with Gasteiger partial charge in [-0.2, -0.15) is 5.10 Å². The first kappa shape index (κ1) is 14.7. The quantitative estimate of drug-likeness (QED) is 0.875. The van der Waals surface area contributed by atoms with E-state index in [1.54, 1.807) is 6.07 Å². The molecule has 0 aliphatic carbocycles. The SMILES string of the molecule is CCCNC(c1cnn(CC)c1)c1ccc(C)cc1F. The van der Waals surface area contributed by atoms with Gasteiger partial charge in [-0.05, 0) is 38.4 Å². The number of nitrogens with zero attached hydrogens (tertiary/aromatic N) is 2. The molecule has 0 aliphatic heterocycles. The Morgan fingerprint density at radius 2 is 2.15 bits per heavy atom. The van der Waals surface area contributed by atoms with Crippen LogP contribution in [0.4, 0.5) is 4.39 Å². The summed E-state index contributed by atoms with van der Waals surface area (Å²) < 4.78 is 16.1. The van der Waals surface area contributed by atoms with Gasteiger partial charge in [0, 0.05) is 23.9 Å². The van der Waals surface area contributed by atoms with Crippen molar-refractivity contribution >= 4 is 0 Å². The van der Waals surface area contributed by atoms with Crippen LogP contribution in [-0.2, 0) is 6.54 Å². The van der Waals surface area contributed by atoms with Crippen LogP contribution < -0.4 is 5.32 Å². The minimum absolute atomic E-state index is 0.143. The van der Waals surface area contributed by atoms with Crippen LogP contribution in [0.3, 0.4) is 0 Å². The van der Waals surface area contributed by atoms with E-state index < -0.39 is 0 Å². The second-order valence-corrected chi connectivity index (χ2v) is 5.04. The van der Waals surface area contributed by atoms with Crippen molar-refractivity contribution in [3.63, 3.8) is 0 Å². The molecule has 1 unspecified atom stereocenters. The fraction of sp³-hybridized carbons (Fsp3) is 0.438. The van der Waals surface area contributed by atoms with Gasteiger partial charge in [0.15, 0.2) is 0 Å². The van der Waals surface area contributed by atoms with E-state index in [1.165, 1.54) is 0 Å². The number of benzene rings is 1. The number of nitrogens with one attached hydrogen (secondary N) is 1. The maximum atomic E-state index is 14.2. The van der Waals surface area contributed by atoms with Crippen molar-refractivity contribution in [3.05, 3.63) is 53.1 Å². The second-order valence-electron chi connectivity index (χ2n) is 5.04. The molecule has 108 valence electrons. The van der Waals surface area contributed by atoms with Crippen molar-refractivity contribution in [1.82, 2.24) is 15.1 Å². The Labute approximate surface area is 119 Å². The van der Waals surface area contributed by atoms with E-state index in [0.29, 0.717) is 5.56 Å². The maximum absolute atomic E-state index is 14.2. The van der Waals surface area contributed by atoms with E-state index in [4.69, 9.17) is 0 Å². The highest BCUT2D eigenvalue weighted by molar-refractivity contribution is 5.32. The van der Waals surface area contributed by atoms with Crippen molar-refractivity contribution in [2.75, 3.05) is 6.54 Å². The number of hydrogen-bond acceptors (Lipinski definition) is 2. The highest BCUT2D eigenvalue weighted by Crippen LogP contribution is 2.25. The Balaban J connectivity index is 2.35. The van der Waals surface area contributed by atoms with Crippen molar-refractivity contribution < 1.29 is 4.39 Å². The second kappa shape index (κ2) is 6.66. The van der Waals surface area contributed by atoms with Gasteiger partial charge in [-0.3, -0.25) is 4.68 Å². The van der Waals surface area contributed by atoms with E-state index in [-0.39, 0.29) is 11.9 Å². The van der Waals surface area contributed by atoms with Gasteiger partial charge < -0.3 is 5.32 Å². The van der Waals surface area contributed by atoms with Crippen molar-refractivity contribution in [3.8, 4) is 0 Å². The molecule has 1 aromatic carbocycles. The van der Waals surface area contributed by atoms with Gasteiger partial charge in [-0.25, -0.2) is 4.39 Å². The molecule has 2 rings (SSSR count). The molecule has 1 N–H and O–H groups in total. The summed E-state index contributed by atoms with van der Waals surface area (Å²) in [5, 5.41) is 7.70. The predicted molar refractivity (Wildman–Crippen MR) is 79.2 cm³/mol. The first-order chi connectivity index (χ1) is 9.65. The van der Waals surface area contributed by atoms with Crippen molar-refractivity contribution in [2.24, 2.45) is 0 Å². The lowest BCUT2D eigenvalue weighted by Crippen LogP contribution is -2.23. The van der Waals surface area contributed by atoms with Crippen molar-refractivity contribution in [1.29, 1.82) is 0 Å². The van der Waals surface area contributed by atoms with E-state index in [2.05, 4.69) is 17.3 Å². The number of halogens is 1. The summed E-state index contributed by atoms with van der Waals surface area (Å²) in [7, 11) is 0. The number of aryl methyl sites for hydroxylation is 2. The van der Waals surface area contributed by atoms with E-state index in [1.807, 2.05) is 43.1 Å². The Bertz CT molecular complexity index is 563. The molecule has 20 heavy (non-hydrogen) atoms. The minimum atomic E-state index is -0.164.